The van der Waals surface area contributed by atoms with E-state index in [1.54, 1.807) is 20.8 Å². The zero-order valence-electron chi connectivity index (χ0n) is 10.7. The van der Waals surface area contributed by atoms with Crippen LogP contribution in [-0.4, -0.2) is 17.7 Å². The van der Waals surface area contributed by atoms with Crippen LogP contribution in [0.3, 0.4) is 0 Å². The molecule has 0 heterocycles. The topological polar surface area (TPSA) is 72.5 Å². The van der Waals surface area contributed by atoms with E-state index in [9.17, 15) is 9.18 Å². The second-order valence-corrected chi connectivity index (χ2v) is 4.95. The third-order valence-corrected chi connectivity index (χ3v) is 2.63. The molecule has 0 fully saturated rings. The summed E-state index contributed by atoms with van der Waals surface area (Å²) in [6.45, 7) is 4.83. The van der Waals surface area contributed by atoms with Crippen molar-refractivity contribution in [2.45, 2.75) is 26.8 Å². The number of ether oxygens (including phenoxy) is 1. The van der Waals surface area contributed by atoms with Crippen LogP contribution >= 0.6 is 0 Å². The highest BCUT2D eigenvalue weighted by molar-refractivity contribution is 5.73. The lowest BCUT2D eigenvalue weighted by molar-refractivity contribution is -0.148. The first-order valence-electron chi connectivity index (χ1n) is 5.65. The first-order chi connectivity index (χ1) is 8.24. The van der Waals surface area contributed by atoms with E-state index in [1.807, 2.05) is 0 Å². The molecular weight excluding hydrogens is 237 g/mol. The van der Waals surface area contributed by atoms with E-state index in [-0.39, 0.29) is 12.6 Å². The monoisotopic (exact) mass is 255 g/mol. The summed E-state index contributed by atoms with van der Waals surface area (Å²) in [6.07, 6.45) is 0. The quantitative estimate of drug-likeness (QED) is 0.847. The van der Waals surface area contributed by atoms with E-state index in [4.69, 9.17) is 15.6 Å². The van der Waals surface area contributed by atoms with Gasteiger partial charge in [-0.15, -0.1) is 0 Å². The van der Waals surface area contributed by atoms with Gasteiger partial charge in [0.2, 0.25) is 0 Å². The van der Waals surface area contributed by atoms with Crippen LogP contribution in [0.5, 0.6) is 5.75 Å². The molecule has 0 saturated heterocycles. The number of carbonyl (C=O) groups is 1. The lowest BCUT2D eigenvalue weighted by atomic mass is 9.95. The Labute approximate surface area is 106 Å². The van der Waals surface area contributed by atoms with Gasteiger partial charge in [0.1, 0.15) is 18.2 Å². The molecule has 1 aromatic rings. The number of carboxylic acids is 1. The standard InChI is InChI=1S/C13H18FNO3/c1-8(15)10-6-9(14)4-5-11(10)18-7-13(2,3)12(16)17/h4-6,8H,7,15H2,1-3H3,(H,16,17)/t8-/m1/s1. The summed E-state index contributed by atoms with van der Waals surface area (Å²) in [7, 11) is 0. The normalized spacial score (nSPS) is 13.2. The maximum atomic E-state index is 13.1. The molecule has 1 atom stereocenters. The van der Waals surface area contributed by atoms with Gasteiger partial charge in [-0.05, 0) is 39.0 Å². The molecule has 3 N–H and O–H groups in total. The molecule has 18 heavy (non-hydrogen) atoms. The van der Waals surface area contributed by atoms with Gasteiger partial charge in [-0.2, -0.15) is 0 Å². The number of nitrogens with two attached hydrogens (primary N) is 1. The van der Waals surface area contributed by atoms with E-state index in [0.717, 1.165) is 0 Å². The zero-order chi connectivity index (χ0) is 13.9. The van der Waals surface area contributed by atoms with Crippen LogP contribution in [0.4, 0.5) is 4.39 Å². The predicted molar refractivity (Wildman–Crippen MR) is 65.9 cm³/mol. The number of rotatable bonds is 5. The van der Waals surface area contributed by atoms with E-state index < -0.39 is 17.2 Å². The SMILES string of the molecule is C[C@@H](N)c1cc(F)ccc1OCC(C)(C)C(=O)O. The Balaban J connectivity index is 2.88. The lowest BCUT2D eigenvalue weighted by Gasteiger charge is -2.21. The summed E-state index contributed by atoms with van der Waals surface area (Å²) >= 11 is 0. The molecule has 1 aromatic carbocycles. The van der Waals surface area contributed by atoms with Gasteiger partial charge in [-0.3, -0.25) is 4.79 Å². The number of benzene rings is 1. The van der Waals surface area contributed by atoms with Crippen LogP contribution in [0.1, 0.15) is 32.4 Å². The van der Waals surface area contributed by atoms with Crippen molar-refractivity contribution in [3.8, 4) is 5.75 Å². The Bertz CT molecular complexity index is 444. The summed E-state index contributed by atoms with van der Waals surface area (Å²) in [5, 5.41) is 8.98. The van der Waals surface area contributed by atoms with Crippen LogP contribution in [-0.2, 0) is 4.79 Å². The largest absolute Gasteiger partial charge is 0.492 e. The van der Waals surface area contributed by atoms with Gasteiger partial charge in [0, 0.05) is 11.6 Å². The molecule has 0 aliphatic rings. The first kappa shape index (κ1) is 14.4. The number of halogens is 1. The van der Waals surface area contributed by atoms with Crippen LogP contribution in [0.25, 0.3) is 0 Å². The fraction of sp³-hybridized carbons (Fsp3) is 0.462. The third-order valence-electron chi connectivity index (χ3n) is 2.63. The molecule has 0 amide bonds. The molecule has 4 nitrogen and oxygen atoms in total. The molecule has 0 aliphatic carbocycles. The molecule has 0 bridgehead atoms. The fourth-order valence-corrected chi connectivity index (χ4v) is 1.33. The molecule has 100 valence electrons. The van der Waals surface area contributed by atoms with Gasteiger partial charge in [0.05, 0.1) is 5.41 Å². The minimum absolute atomic E-state index is 0.00626. The van der Waals surface area contributed by atoms with Gasteiger partial charge >= 0.3 is 5.97 Å². The number of hydrogen-bond acceptors (Lipinski definition) is 3. The molecule has 0 aromatic heterocycles. The second kappa shape index (κ2) is 5.35. The van der Waals surface area contributed by atoms with Gasteiger partial charge in [0.25, 0.3) is 0 Å². The maximum Gasteiger partial charge on any atom is 0.312 e. The number of hydrogen-bond donors (Lipinski definition) is 2. The third kappa shape index (κ3) is 3.43. The van der Waals surface area contributed by atoms with E-state index in [1.165, 1.54) is 18.2 Å². The second-order valence-electron chi connectivity index (χ2n) is 4.95. The summed E-state index contributed by atoms with van der Waals surface area (Å²) in [4.78, 5) is 11.0. The van der Waals surface area contributed by atoms with Crippen LogP contribution in [0, 0.1) is 11.2 Å². The molecule has 0 aliphatic heterocycles. The van der Waals surface area contributed by atoms with Crippen LogP contribution < -0.4 is 10.5 Å². The number of aliphatic carboxylic acids is 1. The Morgan fingerprint density at radius 1 is 1.56 bits per heavy atom. The molecule has 0 spiro atoms. The fourth-order valence-electron chi connectivity index (χ4n) is 1.33. The Kier molecular flexibility index (Phi) is 4.29. The van der Waals surface area contributed by atoms with Gasteiger partial charge in [-0.25, -0.2) is 4.39 Å². The Hall–Kier alpha value is -1.62. The van der Waals surface area contributed by atoms with Gasteiger partial charge in [-0.1, -0.05) is 0 Å². The van der Waals surface area contributed by atoms with Crippen molar-refractivity contribution in [1.29, 1.82) is 0 Å². The average Bonchev–Trinajstić information content (AvgIpc) is 2.27. The molecular formula is C13H18FNO3. The smallest absolute Gasteiger partial charge is 0.312 e. The van der Waals surface area contributed by atoms with Gasteiger partial charge in [0.15, 0.2) is 0 Å². The van der Waals surface area contributed by atoms with Crippen molar-refractivity contribution in [3.63, 3.8) is 0 Å². The highest BCUT2D eigenvalue weighted by Gasteiger charge is 2.28. The summed E-state index contributed by atoms with van der Waals surface area (Å²) in [6, 6.07) is 3.64. The highest BCUT2D eigenvalue weighted by Crippen LogP contribution is 2.27. The van der Waals surface area contributed by atoms with Crippen molar-refractivity contribution >= 4 is 5.97 Å². The molecule has 5 heteroatoms. The summed E-state index contributed by atoms with van der Waals surface area (Å²) in [5.74, 6) is -0.931. The molecule has 0 radical (unpaired) electrons. The Morgan fingerprint density at radius 2 is 2.17 bits per heavy atom. The zero-order valence-corrected chi connectivity index (χ0v) is 10.7. The highest BCUT2D eigenvalue weighted by atomic mass is 19.1. The summed E-state index contributed by atoms with van der Waals surface area (Å²) < 4.78 is 18.6. The lowest BCUT2D eigenvalue weighted by Crippen LogP contribution is -2.31. The van der Waals surface area contributed by atoms with Crippen LogP contribution in [0.2, 0.25) is 0 Å². The average molecular weight is 255 g/mol. The Morgan fingerprint density at radius 3 is 2.67 bits per heavy atom. The van der Waals surface area contributed by atoms with Gasteiger partial charge < -0.3 is 15.6 Å². The van der Waals surface area contributed by atoms with E-state index in [0.29, 0.717) is 11.3 Å². The molecule has 0 unspecified atom stereocenters. The van der Waals surface area contributed by atoms with E-state index >= 15 is 0 Å². The van der Waals surface area contributed by atoms with Crippen molar-refractivity contribution < 1.29 is 19.0 Å². The number of carboxylic acid groups (broad SMARTS) is 1. The summed E-state index contributed by atoms with van der Waals surface area (Å²) in [5.41, 5.74) is 5.23. The minimum Gasteiger partial charge on any atom is -0.492 e. The van der Waals surface area contributed by atoms with Crippen LogP contribution in [0.15, 0.2) is 18.2 Å². The predicted octanol–water partition coefficient (Wildman–Crippen LogP) is 2.33. The van der Waals surface area contributed by atoms with Crippen molar-refractivity contribution in [3.05, 3.63) is 29.6 Å². The van der Waals surface area contributed by atoms with Crippen molar-refractivity contribution in [2.75, 3.05) is 6.61 Å². The van der Waals surface area contributed by atoms with Crippen molar-refractivity contribution in [1.82, 2.24) is 0 Å². The maximum absolute atomic E-state index is 13.1. The van der Waals surface area contributed by atoms with Crippen molar-refractivity contribution in [2.24, 2.45) is 11.1 Å². The minimum atomic E-state index is -1.01. The molecule has 0 saturated carbocycles. The van der Waals surface area contributed by atoms with E-state index in [2.05, 4.69) is 0 Å². The first-order valence-corrected chi connectivity index (χ1v) is 5.65. The molecule has 1 rings (SSSR count).